The molecule has 2 aromatic rings. The zero-order valence-electron chi connectivity index (χ0n) is 14.4. The summed E-state index contributed by atoms with van der Waals surface area (Å²) in [6.07, 6.45) is 2.38. The summed E-state index contributed by atoms with van der Waals surface area (Å²) in [7, 11) is 0. The molecular weight excluding hydrogens is 332 g/mol. The number of rotatable bonds is 3. The molecule has 0 saturated carbocycles. The Bertz CT molecular complexity index is 770. The van der Waals surface area contributed by atoms with Gasteiger partial charge in [0.15, 0.2) is 0 Å². The number of nitrogens with zero attached hydrogens (tertiary/aromatic N) is 2. The molecular formula is C20H22N2O2S. The number of thiophene rings is 1. The second kappa shape index (κ2) is 6.64. The number of likely N-dealkylation sites (tertiary alicyclic amines) is 1. The van der Waals surface area contributed by atoms with Gasteiger partial charge in [-0.25, -0.2) is 0 Å². The van der Waals surface area contributed by atoms with Gasteiger partial charge in [-0.3, -0.25) is 9.59 Å². The van der Waals surface area contributed by atoms with Crippen LogP contribution in [-0.2, 0) is 9.59 Å². The predicted molar refractivity (Wildman–Crippen MR) is 99.6 cm³/mol. The van der Waals surface area contributed by atoms with Crippen LogP contribution in [0.4, 0.5) is 5.69 Å². The fourth-order valence-electron chi connectivity index (χ4n) is 3.89. The molecule has 0 radical (unpaired) electrons. The number of carbonyl (C=O) groups excluding carboxylic acids is 2. The number of carbonyl (C=O) groups is 2. The molecule has 2 unspecified atom stereocenters. The number of aryl methyl sites for hydroxylation is 1. The molecule has 2 aliphatic heterocycles. The third-order valence-corrected chi connectivity index (χ3v) is 6.20. The van der Waals surface area contributed by atoms with Gasteiger partial charge in [0.2, 0.25) is 11.8 Å². The molecule has 130 valence electrons. The Morgan fingerprint density at radius 3 is 2.72 bits per heavy atom. The van der Waals surface area contributed by atoms with E-state index in [1.54, 1.807) is 16.2 Å². The van der Waals surface area contributed by atoms with E-state index in [-0.39, 0.29) is 23.8 Å². The molecule has 2 atom stereocenters. The van der Waals surface area contributed by atoms with Crippen molar-refractivity contribution in [1.82, 2.24) is 4.90 Å². The number of benzene rings is 1. The lowest BCUT2D eigenvalue weighted by molar-refractivity contribution is -0.136. The number of amides is 2. The van der Waals surface area contributed by atoms with Crippen LogP contribution in [0.5, 0.6) is 0 Å². The van der Waals surface area contributed by atoms with Gasteiger partial charge in [0.25, 0.3) is 0 Å². The van der Waals surface area contributed by atoms with E-state index in [0.29, 0.717) is 13.0 Å². The van der Waals surface area contributed by atoms with Crippen molar-refractivity contribution >= 4 is 28.8 Å². The molecule has 1 aromatic carbocycles. The van der Waals surface area contributed by atoms with E-state index >= 15 is 0 Å². The van der Waals surface area contributed by atoms with Crippen molar-refractivity contribution in [3.63, 3.8) is 0 Å². The first-order valence-corrected chi connectivity index (χ1v) is 9.72. The average Bonchev–Trinajstić information content (AvgIpc) is 3.35. The Kier molecular flexibility index (Phi) is 4.34. The zero-order chi connectivity index (χ0) is 17.4. The minimum Gasteiger partial charge on any atom is -0.335 e. The summed E-state index contributed by atoms with van der Waals surface area (Å²) >= 11 is 1.71. The summed E-state index contributed by atoms with van der Waals surface area (Å²) in [5.74, 6) is -0.0395. The third kappa shape index (κ3) is 3.09. The normalized spacial score (nSPS) is 23.5. The highest BCUT2D eigenvalue weighted by atomic mass is 32.1. The highest BCUT2D eigenvalue weighted by Crippen LogP contribution is 2.37. The van der Waals surface area contributed by atoms with Crippen molar-refractivity contribution in [2.75, 3.05) is 18.0 Å². The van der Waals surface area contributed by atoms with Crippen LogP contribution in [0.2, 0.25) is 0 Å². The number of hydrogen-bond donors (Lipinski definition) is 0. The molecule has 2 amide bonds. The first-order valence-electron chi connectivity index (χ1n) is 8.84. The Morgan fingerprint density at radius 2 is 2.00 bits per heavy atom. The Hall–Kier alpha value is -2.14. The van der Waals surface area contributed by atoms with E-state index < -0.39 is 0 Å². The van der Waals surface area contributed by atoms with E-state index in [1.807, 2.05) is 42.2 Å². The summed E-state index contributed by atoms with van der Waals surface area (Å²) < 4.78 is 0. The van der Waals surface area contributed by atoms with Crippen LogP contribution in [0.25, 0.3) is 0 Å². The highest BCUT2D eigenvalue weighted by molar-refractivity contribution is 7.10. The second-order valence-electron chi connectivity index (χ2n) is 6.95. The van der Waals surface area contributed by atoms with Crippen LogP contribution in [0.1, 0.15) is 35.7 Å². The minimum atomic E-state index is -0.227. The van der Waals surface area contributed by atoms with Crippen molar-refractivity contribution in [1.29, 1.82) is 0 Å². The van der Waals surface area contributed by atoms with Crippen LogP contribution in [-0.4, -0.2) is 29.8 Å². The molecule has 0 N–H and O–H groups in total. The molecule has 4 rings (SSSR count). The van der Waals surface area contributed by atoms with E-state index in [0.717, 1.165) is 25.1 Å². The van der Waals surface area contributed by atoms with Crippen molar-refractivity contribution in [3.05, 3.63) is 52.2 Å². The van der Waals surface area contributed by atoms with Crippen LogP contribution < -0.4 is 4.90 Å². The molecule has 2 aliphatic rings. The fourth-order valence-corrected chi connectivity index (χ4v) is 4.76. The van der Waals surface area contributed by atoms with Crippen LogP contribution in [0.3, 0.4) is 0 Å². The fraction of sp³-hybridized carbons (Fsp3) is 0.400. The van der Waals surface area contributed by atoms with Crippen LogP contribution >= 0.6 is 11.3 Å². The van der Waals surface area contributed by atoms with Gasteiger partial charge in [-0.05, 0) is 43.3 Å². The van der Waals surface area contributed by atoms with Crippen molar-refractivity contribution in [3.8, 4) is 0 Å². The van der Waals surface area contributed by atoms with E-state index in [4.69, 9.17) is 0 Å². The molecule has 5 heteroatoms. The molecule has 2 saturated heterocycles. The maximum absolute atomic E-state index is 13.1. The van der Waals surface area contributed by atoms with Gasteiger partial charge in [-0.1, -0.05) is 23.8 Å². The number of hydrogen-bond acceptors (Lipinski definition) is 3. The lowest BCUT2D eigenvalue weighted by atomic mass is 10.1. The van der Waals surface area contributed by atoms with Crippen molar-refractivity contribution in [2.24, 2.45) is 5.92 Å². The van der Waals surface area contributed by atoms with Gasteiger partial charge in [-0.15, -0.1) is 11.3 Å². The lowest BCUT2D eigenvalue weighted by Gasteiger charge is -2.26. The Balaban J connectivity index is 1.49. The molecule has 1 aromatic heterocycles. The van der Waals surface area contributed by atoms with E-state index in [2.05, 4.69) is 11.4 Å². The highest BCUT2D eigenvalue weighted by Gasteiger charge is 2.40. The molecule has 0 bridgehead atoms. The molecule has 0 aliphatic carbocycles. The summed E-state index contributed by atoms with van der Waals surface area (Å²) in [5, 5.41) is 2.06. The van der Waals surface area contributed by atoms with Gasteiger partial charge in [-0.2, -0.15) is 0 Å². The molecule has 3 heterocycles. The molecule has 0 spiro atoms. The zero-order valence-corrected chi connectivity index (χ0v) is 15.2. The Labute approximate surface area is 152 Å². The lowest BCUT2D eigenvalue weighted by Crippen LogP contribution is -2.36. The number of anilines is 1. The molecule has 4 nitrogen and oxygen atoms in total. The van der Waals surface area contributed by atoms with Gasteiger partial charge in [0.05, 0.1) is 12.0 Å². The van der Waals surface area contributed by atoms with E-state index in [9.17, 15) is 9.59 Å². The van der Waals surface area contributed by atoms with Crippen LogP contribution in [0, 0.1) is 12.8 Å². The maximum Gasteiger partial charge on any atom is 0.228 e. The van der Waals surface area contributed by atoms with Gasteiger partial charge in [0.1, 0.15) is 0 Å². The third-order valence-electron chi connectivity index (χ3n) is 5.23. The quantitative estimate of drug-likeness (QED) is 0.842. The monoisotopic (exact) mass is 354 g/mol. The van der Waals surface area contributed by atoms with Gasteiger partial charge < -0.3 is 9.80 Å². The second-order valence-corrected chi connectivity index (χ2v) is 7.93. The SMILES string of the molecule is Cc1ccc(N2CC(C(=O)N3CCCC3c3cccs3)CC2=O)cc1. The van der Waals surface area contributed by atoms with Crippen LogP contribution in [0.15, 0.2) is 41.8 Å². The van der Waals surface area contributed by atoms with Gasteiger partial charge in [0, 0.05) is 30.1 Å². The summed E-state index contributed by atoms with van der Waals surface area (Å²) in [6.45, 7) is 3.32. The van der Waals surface area contributed by atoms with Gasteiger partial charge >= 0.3 is 0 Å². The topological polar surface area (TPSA) is 40.6 Å². The first-order chi connectivity index (χ1) is 12.1. The summed E-state index contributed by atoms with van der Waals surface area (Å²) in [4.78, 5) is 30.6. The molecule has 2 fully saturated rings. The standard InChI is InChI=1S/C20H22N2O2S/c1-14-6-8-16(9-7-14)22-13-15(12-19(22)23)20(24)21-10-2-4-17(21)18-5-3-11-25-18/h3,5-9,11,15,17H,2,4,10,12-13H2,1H3. The molecule has 25 heavy (non-hydrogen) atoms. The maximum atomic E-state index is 13.1. The van der Waals surface area contributed by atoms with E-state index in [1.165, 1.54) is 10.4 Å². The minimum absolute atomic E-state index is 0.0501. The summed E-state index contributed by atoms with van der Waals surface area (Å²) in [6, 6.07) is 12.3. The van der Waals surface area contributed by atoms with Crippen molar-refractivity contribution in [2.45, 2.75) is 32.2 Å². The largest absolute Gasteiger partial charge is 0.335 e. The first kappa shape index (κ1) is 16.3. The predicted octanol–water partition coefficient (Wildman–Crippen LogP) is 3.77. The van der Waals surface area contributed by atoms with Crippen molar-refractivity contribution < 1.29 is 9.59 Å². The average molecular weight is 354 g/mol. The summed E-state index contributed by atoms with van der Waals surface area (Å²) in [5.41, 5.74) is 2.06. The smallest absolute Gasteiger partial charge is 0.228 e. The Morgan fingerprint density at radius 1 is 1.20 bits per heavy atom.